The first-order chi connectivity index (χ1) is 15.0. The van der Waals surface area contributed by atoms with Crippen LogP contribution in [0, 0.1) is 0 Å². The van der Waals surface area contributed by atoms with Gasteiger partial charge < -0.3 is 19.3 Å². The lowest BCUT2D eigenvalue weighted by Crippen LogP contribution is -2.47. The molecule has 0 bridgehead atoms. The molecule has 2 amide bonds. The van der Waals surface area contributed by atoms with E-state index in [4.69, 9.17) is 21.7 Å². The summed E-state index contributed by atoms with van der Waals surface area (Å²) in [6.07, 6.45) is 4.99. The van der Waals surface area contributed by atoms with Gasteiger partial charge >= 0.3 is 0 Å². The van der Waals surface area contributed by atoms with Gasteiger partial charge in [0.15, 0.2) is 11.5 Å². The number of hydrogen-bond acceptors (Lipinski definition) is 7. The van der Waals surface area contributed by atoms with Gasteiger partial charge in [-0.3, -0.25) is 14.5 Å². The minimum absolute atomic E-state index is 0.0545. The summed E-state index contributed by atoms with van der Waals surface area (Å²) in [5.41, 5.74) is 0.882. The fourth-order valence-electron chi connectivity index (χ4n) is 3.78. The summed E-state index contributed by atoms with van der Waals surface area (Å²) in [5.74, 6) is 1.60. The van der Waals surface area contributed by atoms with E-state index in [0.717, 1.165) is 56.8 Å². The molecule has 1 aromatic carbocycles. The molecule has 0 radical (unpaired) electrons. The van der Waals surface area contributed by atoms with Crippen molar-refractivity contribution in [2.75, 3.05) is 46.6 Å². The quantitative estimate of drug-likeness (QED) is 0.351. The zero-order valence-electron chi connectivity index (χ0n) is 17.7. The third-order valence-corrected chi connectivity index (χ3v) is 7.07. The lowest BCUT2D eigenvalue weighted by Gasteiger charge is -2.32. The zero-order valence-corrected chi connectivity index (χ0v) is 19.3. The van der Waals surface area contributed by atoms with Gasteiger partial charge in [0.2, 0.25) is 12.7 Å². The number of likely N-dealkylation sites (N-methyl/N-ethyl adjacent to an activating group) is 1. The summed E-state index contributed by atoms with van der Waals surface area (Å²) in [6.45, 7) is 4.34. The molecule has 3 aliphatic heterocycles. The first-order valence-corrected chi connectivity index (χ1v) is 11.8. The summed E-state index contributed by atoms with van der Waals surface area (Å²) >= 11 is 6.75. The van der Waals surface area contributed by atoms with E-state index < -0.39 is 0 Å². The second-order valence-corrected chi connectivity index (χ2v) is 9.62. The molecule has 3 heterocycles. The molecule has 3 aliphatic rings. The van der Waals surface area contributed by atoms with Gasteiger partial charge in [-0.05, 0) is 43.7 Å². The largest absolute Gasteiger partial charge is 0.454 e. The molecule has 0 aliphatic carbocycles. The second kappa shape index (κ2) is 10.0. The number of carbonyl (C=O) groups excluding carboxylic acids is 2. The van der Waals surface area contributed by atoms with Crippen LogP contribution < -0.4 is 9.47 Å². The average molecular weight is 462 g/mol. The Hall–Kier alpha value is -2.10. The van der Waals surface area contributed by atoms with E-state index in [0.29, 0.717) is 27.9 Å². The number of rotatable bonds is 7. The summed E-state index contributed by atoms with van der Waals surface area (Å²) < 4.78 is 11.3. The third kappa shape index (κ3) is 5.39. The number of ether oxygens (including phenoxy) is 2. The summed E-state index contributed by atoms with van der Waals surface area (Å²) in [4.78, 5) is 31.6. The number of thioether (sulfide) groups is 1. The van der Waals surface area contributed by atoms with Gasteiger partial charge in [-0.25, -0.2) is 0 Å². The Morgan fingerprint density at radius 1 is 1.13 bits per heavy atom. The normalized spacial score (nSPS) is 20.2. The number of piperazine rings is 1. The number of carbonyl (C=O) groups is 2. The van der Waals surface area contributed by atoms with Gasteiger partial charge in [-0.15, -0.1) is 0 Å². The third-order valence-electron chi connectivity index (χ3n) is 5.70. The van der Waals surface area contributed by atoms with Crippen molar-refractivity contribution < 1.29 is 19.1 Å². The van der Waals surface area contributed by atoms with Crippen LogP contribution >= 0.6 is 24.0 Å². The van der Waals surface area contributed by atoms with Crippen LogP contribution in [0.25, 0.3) is 6.08 Å². The second-order valence-electron chi connectivity index (χ2n) is 7.94. The molecule has 0 saturated carbocycles. The van der Waals surface area contributed by atoms with Gasteiger partial charge in [0.25, 0.3) is 5.91 Å². The van der Waals surface area contributed by atoms with E-state index in [9.17, 15) is 9.59 Å². The van der Waals surface area contributed by atoms with Crippen LogP contribution in [0.4, 0.5) is 0 Å². The van der Waals surface area contributed by atoms with Gasteiger partial charge in [-0.1, -0.05) is 36.5 Å². The Balaban J connectivity index is 1.22. The van der Waals surface area contributed by atoms with Gasteiger partial charge in [0.05, 0.1) is 4.91 Å². The highest BCUT2D eigenvalue weighted by molar-refractivity contribution is 8.26. The minimum atomic E-state index is -0.0545. The average Bonchev–Trinajstić information content (AvgIpc) is 3.33. The number of unbranched alkanes of at least 4 members (excludes halogenated alkanes) is 2. The van der Waals surface area contributed by atoms with Gasteiger partial charge in [-0.2, -0.15) is 0 Å². The molecule has 2 fully saturated rings. The molecular formula is C22H27N3O4S2. The standard InChI is InChI=1S/C22H27N3O4S2/c1-23-9-11-24(12-10-23)20(26)5-3-2-4-8-25-21(27)19(31-22(25)30)14-16-6-7-17-18(13-16)29-15-28-17/h6-7,13-14H,2-5,8-12,15H2,1H3/b19-14-. The van der Waals surface area contributed by atoms with Crippen LogP contribution in [0.15, 0.2) is 23.1 Å². The van der Waals surface area contributed by atoms with Crippen LogP contribution in [0.1, 0.15) is 31.2 Å². The van der Waals surface area contributed by atoms with Crippen molar-refractivity contribution >= 4 is 46.2 Å². The van der Waals surface area contributed by atoms with E-state index in [-0.39, 0.29) is 18.6 Å². The molecule has 1 aromatic rings. The number of amides is 2. The first-order valence-electron chi connectivity index (χ1n) is 10.6. The van der Waals surface area contributed by atoms with Gasteiger partial charge in [0.1, 0.15) is 4.32 Å². The lowest BCUT2D eigenvalue weighted by atomic mass is 10.1. The molecule has 0 N–H and O–H groups in total. The highest BCUT2D eigenvalue weighted by Gasteiger charge is 2.31. The molecule has 4 rings (SSSR count). The summed E-state index contributed by atoms with van der Waals surface area (Å²) in [6, 6.07) is 5.61. The summed E-state index contributed by atoms with van der Waals surface area (Å²) in [5, 5.41) is 0. The van der Waals surface area contributed by atoms with Crippen molar-refractivity contribution in [3.05, 3.63) is 28.7 Å². The zero-order chi connectivity index (χ0) is 21.8. The predicted molar refractivity (Wildman–Crippen MR) is 125 cm³/mol. The minimum Gasteiger partial charge on any atom is -0.454 e. The molecule has 7 nitrogen and oxygen atoms in total. The van der Waals surface area contributed by atoms with E-state index in [1.807, 2.05) is 29.2 Å². The summed E-state index contributed by atoms with van der Waals surface area (Å²) in [7, 11) is 2.08. The Morgan fingerprint density at radius 2 is 1.90 bits per heavy atom. The van der Waals surface area contributed by atoms with Crippen LogP contribution in [0.3, 0.4) is 0 Å². The van der Waals surface area contributed by atoms with E-state index in [2.05, 4.69) is 11.9 Å². The number of thiocarbonyl (C=S) groups is 1. The number of nitrogens with zero attached hydrogens (tertiary/aromatic N) is 3. The molecule has 2 saturated heterocycles. The Morgan fingerprint density at radius 3 is 2.71 bits per heavy atom. The molecular weight excluding hydrogens is 434 g/mol. The highest BCUT2D eigenvalue weighted by atomic mass is 32.2. The van der Waals surface area contributed by atoms with Crippen molar-refractivity contribution in [3.63, 3.8) is 0 Å². The van der Waals surface area contributed by atoms with Crippen LogP contribution in [0.5, 0.6) is 11.5 Å². The maximum absolute atomic E-state index is 12.8. The first kappa shape index (κ1) is 22.1. The van der Waals surface area contributed by atoms with Crippen molar-refractivity contribution in [1.82, 2.24) is 14.7 Å². The Bertz CT molecular complexity index is 897. The lowest BCUT2D eigenvalue weighted by molar-refractivity contribution is -0.133. The number of benzene rings is 1. The van der Waals surface area contributed by atoms with Crippen molar-refractivity contribution in [2.24, 2.45) is 0 Å². The fourth-order valence-corrected chi connectivity index (χ4v) is 5.09. The maximum atomic E-state index is 12.8. The number of fused-ring (bicyclic) bond motifs is 1. The van der Waals surface area contributed by atoms with E-state index >= 15 is 0 Å². The van der Waals surface area contributed by atoms with E-state index in [1.54, 1.807) is 4.90 Å². The Kier molecular flexibility index (Phi) is 7.14. The van der Waals surface area contributed by atoms with Crippen molar-refractivity contribution in [3.8, 4) is 11.5 Å². The topological polar surface area (TPSA) is 62.3 Å². The molecule has 0 spiro atoms. The van der Waals surface area contributed by atoms with Crippen LogP contribution in [-0.2, 0) is 9.59 Å². The molecule has 0 unspecified atom stereocenters. The van der Waals surface area contributed by atoms with Gasteiger partial charge in [0, 0.05) is 39.1 Å². The predicted octanol–water partition coefficient (Wildman–Crippen LogP) is 2.95. The fraction of sp³-hybridized carbons (Fsp3) is 0.500. The Labute approximate surface area is 192 Å². The van der Waals surface area contributed by atoms with Crippen LogP contribution in [0.2, 0.25) is 0 Å². The molecule has 31 heavy (non-hydrogen) atoms. The van der Waals surface area contributed by atoms with Crippen molar-refractivity contribution in [1.29, 1.82) is 0 Å². The smallest absolute Gasteiger partial charge is 0.266 e. The van der Waals surface area contributed by atoms with Crippen LogP contribution in [-0.4, -0.2) is 77.4 Å². The molecule has 0 aromatic heterocycles. The molecule has 9 heteroatoms. The van der Waals surface area contributed by atoms with E-state index in [1.165, 1.54) is 11.8 Å². The highest BCUT2D eigenvalue weighted by Crippen LogP contribution is 2.36. The molecule has 166 valence electrons. The SMILES string of the molecule is CN1CCN(C(=O)CCCCCN2C(=O)/C(=C/c3ccc4c(c3)OCO4)SC2=S)CC1. The van der Waals surface area contributed by atoms with Crippen molar-refractivity contribution in [2.45, 2.75) is 25.7 Å². The number of hydrogen-bond donors (Lipinski definition) is 0. The maximum Gasteiger partial charge on any atom is 0.266 e. The monoisotopic (exact) mass is 461 g/mol. The molecule has 0 atom stereocenters.